The first kappa shape index (κ1) is 22.7. The second-order valence-corrected chi connectivity index (χ2v) is 9.20. The van der Waals surface area contributed by atoms with Gasteiger partial charge in [0.05, 0.1) is 0 Å². The molecule has 0 aromatic heterocycles. The minimum absolute atomic E-state index is 0.0481. The van der Waals surface area contributed by atoms with Gasteiger partial charge in [0.1, 0.15) is 0 Å². The summed E-state index contributed by atoms with van der Waals surface area (Å²) in [5.41, 5.74) is 1.26. The lowest BCUT2D eigenvalue weighted by atomic mass is 10.0. The predicted molar refractivity (Wildman–Crippen MR) is 121 cm³/mol. The zero-order valence-electron chi connectivity index (χ0n) is 18.8. The van der Waals surface area contributed by atoms with Crippen LogP contribution in [0.3, 0.4) is 0 Å². The maximum Gasteiger partial charge on any atom is 0.191 e. The molecule has 2 rings (SSSR count). The summed E-state index contributed by atoms with van der Waals surface area (Å²) in [6.45, 7) is 15.6. The van der Waals surface area contributed by atoms with Crippen molar-refractivity contribution >= 4 is 5.96 Å². The number of aliphatic imine (C=N–C) groups is 1. The molecule has 1 fully saturated rings. The lowest BCUT2D eigenvalue weighted by Gasteiger charge is -2.35. The first-order valence-electron chi connectivity index (χ1n) is 10.8. The second-order valence-electron chi connectivity index (χ2n) is 9.20. The topological polar surface area (TPSA) is 51.7 Å². The summed E-state index contributed by atoms with van der Waals surface area (Å²) >= 11 is 0. The fourth-order valence-corrected chi connectivity index (χ4v) is 3.93. The Morgan fingerprint density at radius 3 is 2.36 bits per heavy atom. The van der Waals surface area contributed by atoms with Crippen molar-refractivity contribution in [3.8, 4) is 0 Å². The summed E-state index contributed by atoms with van der Waals surface area (Å²) in [4.78, 5) is 7.02. The van der Waals surface area contributed by atoms with Gasteiger partial charge in [-0.05, 0) is 45.1 Å². The lowest BCUT2D eigenvalue weighted by molar-refractivity contribution is 0.186. The molecule has 0 spiro atoms. The van der Waals surface area contributed by atoms with E-state index in [1.54, 1.807) is 0 Å². The van der Waals surface area contributed by atoms with Crippen molar-refractivity contribution in [2.24, 2.45) is 10.9 Å². The number of likely N-dealkylation sites (tertiary alicyclic amines) is 1. The highest BCUT2D eigenvalue weighted by molar-refractivity contribution is 5.80. The zero-order valence-corrected chi connectivity index (χ0v) is 18.8. The monoisotopic (exact) mass is 387 g/mol. The first-order chi connectivity index (χ1) is 13.3. The quantitative estimate of drug-likeness (QED) is 0.473. The van der Waals surface area contributed by atoms with Gasteiger partial charge in [0.15, 0.2) is 5.96 Å². The SMILES string of the molecule is CN=C(NCC(C)(C)NC(C)c1ccccc1)NC1CCN(CC(C)C)CC1. The highest BCUT2D eigenvalue weighted by Crippen LogP contribution is 2.16. The maximum absolute atomic E-state index is 4.44. The lowest BCUT2D eigenvalue weighted by Crippen LogP contribution is -2.54. The highest BCUT2D eigenvalue weighted by atomic mass is 15.2. The van der Waals surface area contributed by atoms with Crippen LogP contribution in [0.4, 0.5) is 0 Å². The van der Waals surface area contributed by atoms with Crippen molar-refractivity contribution in [1.82, 2.24) is 20.9 Å². The second kappa shape index (κ2) is 10.8. The average Bonchev–Trinajstić information content (AvgIpc) is 2.66. The molecule has 1 aromatic carbocycles. The number of piperidine rings is 1. The molecule has 158 valence electrons. The molecule has 0 bridgehead atoms. The van der Waals surface area contributed by atoms with E-state index in [2.05, 4.69) is 90.8 Å². The molecule has 1 aliphatic rings. The molecule has 5 heteroatoms. The summed E-state index contributed by atoms with van der Waals surface area (Å²) in [5.74, 6) is 1.65. The van der Waals surface area contributed by atoms with Gasteiger partial charge in [-0.15, -0.1) is 0 Å². The molecule has 5 nitrogen and oxygen atoms in total. The van der Waals surface area contributed by atoms with E-state index in [0.717, 1.165) is 18.4 Å². The van der Waals surface area contributed by atoms with Crippen LogP contribution in [0.5, 0.6) is 0 Å². The van der Waals surface area contributed by atoms with E-state index < -0.39 is 0 Å². The Morgan fingerprint density at radius 2 is 1.79 bits per heavy atom. The Labute approximate surface area is 172 Å². The van der Waals surface area contributed by atoms with Gasteiger partial charge in [-0.25, -0.2) is 0 Å². The Hall–Kier alpha value is -1.59. The summed E-state index contributed by atoms with van der Waals surface area (Å²) in [6.07, 6.45) is 2.36. The first-order valence-corrected chi connectivity index (χ1v) is 10.8. The molecule has 0 aliphatic carbocycles. The van der Waals surface area contributed by atoms with E-state index in [-0.39, 0.29) is 5.54 Å². The Balaban J connectivity index is 1.76. The predicted octanol–water partition coefficient (Wildman–Crippen LogP) is 3.40. The summed E-state index contributed by atoms with van der Waals surface area (Å²) < 4.78 is 0. The van der Waals surface area contributed by atoms with Crippen LogP contribution in [0, 0.1) is 5.92 Å². The number of rotatable bonds is 8. The molecule has 3 N–H and O–H groups in total. The van der Waals surface area contributed by atoms with Crippen molar-refractivity contribution in [2.75, 3.05) is 33.2 Å². The molecular weight excluding hydrogens is 346 g/mol. The third kappa shape index (κ3) is 7.80. The van der Waals surface area contributed by atoms with Crippen LogP contribution >= 0.6 is 0 Å². The van der Waals surface area contributed by atoms with Crippen molar-refractivity contribution in [2.45, 2.75) is 65.1 Å². The van der Waals surface area contributed by atoms with Gasteiger partial charge in [0, 0.05) is 50.8 Å². The molecular formula is C23H41N5. The summed E-state index contributed by atoms with van der Waals surface area (Å²) in [6, 6.07) is 11.4. The van der Waals surface area contributed by atoms with E-state index in [1.165, 1.54) is 38.0 Å². The normalized spacial score (nSPS) is 18.3. The molecule has 1 saturated heterocycles. The van der Waals surface area contributed by atoms with E-state index >= 15 is 0 Å². The smallest absolute Gasteiger partial charge is 0.191 e. The molecule has 28 heavy (non-hydrogen) atoms. The van der Waals surface area contributed by atoms with E-state index in [0.29, 0.717) is 12.1 Å². The number of hydrogen-bond donors (Lipinski definition) is 3. The molecule has 1 atom stereocenters. The van der Waals surface area contributed by atoms with Gasteiger partial charge in [-0.1, -0.05) is 44.2 Å². The van der Waals surface area contributed by atoms with Crippen LogP contribution < -0.4 is 16.0 Å². The van der Waals surface area contributed by atoms with Gasteiger partial charge in [-0.2, -0.15) is 0 Å². The molecule has 1 heterocycles. The van der Waals surface area contributed by atoms with Crippen LogP contribution in [0.15, 0.2) is 35.3 Å². The summed E-state index contributed by atoms with van der Waals surface area (Å²) in [7, 11) is 1.86. The Kier molecular flexibility index (Phi) is 8.77. The van der Waals surface area contributed by atoms with Gasteiger partial charge >= 0.3 is 0 Å². The van der Waals surface area contributed by atoms with Crippen molar-refractivity contribution in [3.63, 3.8) is 0 Å². The van der Waals surface area contributed by atoms with Crippen LogP contribution in [-0.2, 0) is 0 Å². The minimum Gasteiger partial charge on any atom is -0.355 e. The van der Waals surface area contributed by atoms with E-state index in [9.17, 15) is 0 Å². The zero-order chi connectivity index (χ0) is 20.6. The minimum atomic E-state index is -0.0481. The third-order valence-corrected chi connectivity index (χ3v) is 5.38. The average molecular weight is 388 g/mol. The van der Waals surface area contributed by atoms with Crippen LogP contribution in [0.2, 0.25) is 0 Å². The number of guanidine groups is 1. The van der Waals surface area contributed by atoms with Crippen molar-refractivity contribution in [1.29, 1.82) is 0 Å². The van der Waals surface area contributed by atoms with E-state index in [4.69, 9.17) is 0 Å². The molecule has 0 amide bonds. The fraction of sp³-hybridized carbons (Fsp3) is 0.696. The Bertz CT molecular complexity index is 588. The molecule has 1 unspecified atom stereocenters. The largest absolute Gasteiger partial charge is 0.355 e. The van der Waals surface area contributed by atoms with Gasteiger partial charge in [-0.3, -0.25) is 4.99 Å². The number of hydrogen-bond acceptors (Lipinski definition) is 3. The molecule has 0 radical (unpaired) electrons. The summed E-state index contributed by atoms with van der Waals surface area (Å²) in [5, 5.41) is 10.9. The van der Waals surface area contributed by atoms with Gasteiger partial charge in [0.2, 0.25) is 0 Å². The van der Waals surface area contributed by atoms with Crippen molar-refractivity contribution in [3.05, 3.63) is 35.9 Å². The number of nitrogens with zero attached hydrogens (tertiary/aromatic N) is 2. The van der Waals surface area contributed by atoms with Crippen molar-refractivity contribution < 1.29 is 0 Å². The van der Waals surface area contributed by atoms with Gasteiger partial charge in [0.25, 0.3) is 0 Å². The van der Waals surface area contributed by atoms with Gasteiger partial charge < -0.3 is 20.9 Å². The fourth-order valence-electron chi connectivity index (χ4n) is 3.93. The highest BCUT2D eigenvalue weighted by Gasteiger charge is 2.23. The van der Waals surface area contributed by atoms with Crippen LogP contribution in [0.25, 0.3) is 0 Å². The third-order valence-electron chi connectivity index (χ3n) is 5.38. The number of nitrogens with one attached hydrogen (secondary N) is 3. The van der Waals surface area contributed by atoms with Crippen LogP contribution in [-0.4, -0.2) is 55.7 Å². The number of benzene rings is 1. The maximum atomic E-state index is 4.44. The Morgan fingerprint density at radius 1 is 1.14 bits per heavy atom. The molecule has 1 aliphatic heterocycles. The van der Waals surface area contributed by atoms with Crippen LogP contribution in [0.1, 0.15) is 59.1 Å². The standard InChI is InChI=1S/C23H41N5/c1-18(2)16-28-14-12-21(13-15-28)26-22(24-6)25-17-23(4,5)27-19(3)20-10-8-7-9-11-20/h7-11,18-19,21,27H,12-17H2,1-6H3,(H2,24,25,26). The molecule has 1 aromatic rings. The molecule has 0 saturated carbocycles. The van der Waals surface area contributed by atoms with E-state index in [1.807, 2.05) is 7.05 Å².